The van der Waals surface area contributed by atoms with Gasteiger partial charge in [-0.1, -0.05) is 0 Å². The number of hydrogen-bond acceptors (Lipinski definition) is 6. The topological polar surface area (TPSA) is 90.8 Å². The summed E-state index contributed by atoms with van der Waals surface area (Å²) in [4.78, 5) is 40.8. The van der Waals surface area contributed by atoms with Gasteiger partial charge < -0.3 is 5.32 Å². The summed E-state index contributed by atoms with van der Waals surface area (Å²) in [6.07, 6.45) is -3.10. The van der Waals surface area contributed by atoms with Crippen molar-refractivity contribution < 1.29 is 27.6 Å². The lowest BCUT2D eigenvalue weighted by molar-refractivity contribution is -0.173. The first kappa shape index (κ1) is 21.6. The molecule has 2 fully saturated rings. The summed E-state index contributed by atoms with van der Waals surface area (Å²) >= 11 is 0. The van der Waals surface area contributed by atoms with E-state index < -0.39 is 36.0 Å². The maximum Gasteiger partial charge on any atom is 0.410 e. The van der Waals surface area contributed by atoms with Crippen molar-refractivity contribution >= 4 is 23.7 Å². The van der Waals surface area contributed by atoms with Gasteiger partial charge in [0, 0.05) is 32.7 Å². The van der Waals surface area contributed by atoms with E-state index in [0.29, 0.717) is 24.5 Å². The third kappa shape index (κ3) is 3.66. The average molecular weight is 442 g/mol. The van der Waals surface area contributed by atoms with Crippen molar-refractivity contribution in [1.82, 2.24) is 24.5 Å². The highest BCUT2D eigenvalue weighted by molar-refractivity contribution is 6.15. The van der Waals surface area contributed by atoms with E-state index in [-0.39, 0.29) is 25.0 Å². The molecule has 0 saturated carbocycles. The van der Waals surface area contributed by atoms with E-state index in [1.807, 2.05) is 4.90 Å². The van der Waals surface area contributed by atoms with Crippen LogP contribution in [0.1, 0.15) is 44.0 Å². The Kier molecular flexibility index (Phi) is 5.23. The molecule has 1 aromatic rings. The lowest BCUT2D eigenvalue weighted by Crippen LogP contribution is -2.59. The molecule has 4 rings (SSSR count). The summed E-state index contributed by atoms with van der Waals surface area (Å²) in [7, 11) is 2.66. The molecule has 9 nitrogen and oxygen atoms in total. The fourth-order valence-electron chi connectivity index (χ4n) is 4.70. The number of carbonyl (C=O) groups is 3. The van der Waals surface area contributed by atoms with Crippen LogP contribution in [-0.2, 0) is 9.59 Å². The first-order chi connectivity index (χ1) is 14.5. The number of carbonyl (C=O) groups excluding carboxylic acids is 3. The van der Waals surface area contributed by atoms with Crippen molar-refractivity contribution in [3.63, 3.8) is 0 Å². The zero-order valence-corrected chi connectivity index (χ0v) is 17.5. The molecule has 31 heavy (non-hydrogen) atoms. The molecule has 0 spiro atoms. The summed E-state index contributed by atoms with van der Waals surface area (Å²) in [6, 6.07) is -1.40. The third-order valence-corrected chi connectivity index (χ3v) is 6.35. The van der Waals surface area contributed by atoms with Crippen LogP contribution in [0.2, 0.25) is 0 Å². The molecule has 0 bridgehead atoms. The second-order valence-electron chi connectivity index (χ2n) is 8.52. The van der Waals surface area contributed by atoms with Gasteiger partial charge in [0.15, 0.2) is 6.04 Å². The molecule has 3 atom stereocenters. The lowest BCUT2D eigenvalue weighted by Gasteiger charge is -2.35. The van der Waals surface area contributed by atoms with Gasteiger partial charge in [-0.25, -0.2) is 9.48 Å². The monoisotopic (exact) mass is 442 g/mol. The Morgan fingerprint density at radius 1 is 1.16 bits per heavy atom. The minimum Gasteiger partial charge on any atom is -0.368 e. The Labute approximate surface area is 177 Å². The van der Waals surface area contributed by atoms with Gasteiger partial charge in [-0.3, -0.25) is 24.3 Å². The fourth-order valence-corrected chi connectivity index (χ4v) is 4.70. The van der Waals surface area contributed by atoms with Crippen molar-refractivity contribution in [2.45, 2.75) is 50.5 Å². The Bertz CT molecular complexity index is 892. The number of halogens is 3. The molecule has 0 aromatic carbocycles. The van der Waals surface area contributed by atoms with Crippen LogP contribution in [-0.4, -0.2) is 81.7 Å². The van der Waals surface area contributed by atoms with Gasteiger partial charge in [0.1, 0.15) is 11.7 Å². The van der Waals surface area contributed by atoms with Gasteiger partial charge in [-0.05, 0) is 32.7 Å². The van der Waals surface area contributed by atoms with E-state index >= 15 is 0 Å². The molecular weight excluding hydrogens is 417 g/mol. The summed E-state index contributed by atoms with van der Waals surface area (Å²) in [6.45, 7) is 2.36. The number of nitrogens with one attached hydrogen (secondary N) is 1. The van der Waals surface area contributed by atoms with Crippen LogP contribution < -0.4 is 5.32 Å². The van der Waals surface area contributed by atoms with E-state index in [2.05, 4.69) is 10.4 Å². The normalized spacial score (nSPS) is 28.3. The van der Waals surface area contributed by atoms with Gasteiger partial charge in [-0.2, -0.15) is 18.3 Å². The number of likely N-dealkylation sites (tertiary alicyclic amines) is 1. The highest BCUT2D eigenvalue weighted by Crippen LogP contribution is 2.41. The molecule has 4 amide bonds. The van der Waals surface area contributed by atoms with Crippen LogP contribution in [0, 0.1) is 5.92 Å². The maximum absolute atomic E-state index is 13.5. The smallest absolute Gasteiger partial charge is 0.368 e. The second kappa shape index (κ2) is 7.50. The molecule has 4 heterocycles. The number of fused-ring (bicyclic) bond motifs is 1. The Morgan fingerprint density at radius 3 is 2.42 bits per heavy atom. The molecule has 2 saturated heterocycles. The third-order valence-electron chi connectivity index (χ3n) is 6.35. The lowest BCUT2D eigenvalue weighted by atomic mass is 10.0. The Hall–Kier alpha value is -2.63. The van der Waals surface area contributed by atoms with Crippen LogP contribution in [0.4, 0.5) is 23.8 Å². The molecule has 1 N–H and O–H groups in total. The van der Waals surface area contributed by atoms with E-state index in [0.717, 1.165) is 20.9 Å². The number of barbiturate groups is 1. The molecule has 1 aromatic heterocycles. The predicted molar refractivity (Wildman–Crippen MR) is 103 cm³/mol. The number of hydrogen-bond donors (Lipinski definition) is 1. The van der Waals surface area contributed by atoms with Crippen LogP contribution in [0.3, 0.4) is 0 Å². The van der Waals surface area contributed by atoms with Crippen LogP contribution in [0.5, 0.6) is 0 Å². The van der Waals surface area contributed by atoms with E-state index in [1.165, 1.54) is 14.1 Å². The highest BCUT2D eigenvalue weighted by Gasteiger charge is 2.47. The number of nitrogens with zero attached hydrogens (tertiary/aromatic N) is 5. The Morgan fingerprint density at radius 2 is 1.81 bits per heavy atom. The molecule has 3 aliphatic rings. The summed E-state index contributed by atoms with van der Waals surface area (Å²) in [5, 5.41) is 7.34. The number of urea groups is 1. The van der Waals surface area contributed by atoms with Gasteiger partial charge in [-0.15, -0.1) is 0 Å². The molecule has 1 unspecified atom stereocenters. The first-order valence-corrected chi connectivity index (χ1v) is 10.2. The SMILES string of the molecule is C[C@@H]1C[C@H](C(F)(F)F)n2nc(C3CCCN3CC3C(=O)N(C)C(=O)N(C)C3=O)cc2N1. The highest BCUT2D eigenvalue weighted by atomic mass is 19.4. The number of amides is 4. The van der Waals surface area contributed by atoms with Crippen LogP contribution >= 0.6 is 0 Å². The number of alkyl halides is 3. The number of aromatic nitrogens is 2. The van der Waals surface area contributed by atoms with Gasteiger partial charge in [0.2, 0.25) is 11.8 Å². The summed E-state index contributed by atoms with van der Waals surface area (Å²) in [5.41, 5.74) is 0.483. The van der Waals surface area contributed by atoms with Crippen molar-refractivity contribution in [2.24, 2.45) is 5.92 Å². The number of anilines is 1. The molecule has 12 heteroatoms. The van der Waals surface area contributed by atoms with Gasteiger partial charge >= 0.3 is 12.2 Å². The number of imide groups is 2. The van der Waals surface area contributed by atoms with E-state index in [1.54, 1.807) is 13.0 Å². The molecule has 0 aliphatic carbocycles. The molecular formula is C19H25F3N6O3. The second-order valence-corrected chi connectivity index (χ2v) is 8.52. The van der Waals surface area contributed by atoms with Gasteiger partial charge in [0.25, 0.3) is 0 Å². The van der Waals surface area contributed by atoms with E-state index in [9.17, 15) is 27.6 Å². The van der Waals surface area contributed by atoms with Crippen molar-refractivity contribution in [3.8, 4) is 0 Å². The van der Waals surface area contributed by atoms with Gasteiger partial charge in [0.05, 0.1) is 11.7 Å². The Balaban J connectivity index is 1.58. The average Bonchev–Trinajstić information content (AvgIpc) is 3.33. The standard InChI is InChI=1S/C19H25F3N6O3/c1-10-7-14(19(20,21)22)28-15(23-10)8-12(24-28)13-5-4-6-27(13)9-11-16(29)25(2)18(31)26(3)17(11)30/h8,10-11,13-14,23H,4-7,9H2,1-3H3/t10-,13?,14-/m1/s1. The first-order valence-electron chi connectivity index (χ1n) is 10.2. The fraction of sp³-hybridized carbons (Fsp3) is 0.684. The minimum atomic E-state index is -4.41. The zero-order valence-electron chi connectivity index (χ0n) is 17.5. The molecule has 170 valence electrons. The van der Waals surface area contributed by atoms with Crippen molar-refractivity contribution in [3.05, 3.63) is 11.8 Å². The van der Waals surface area contributed by atoms with Crippen molar-refractivity contribution in [2.75, 3.05) is 32.5 Å². The quantitative estimate of drug-likeness (QED) is 0.721. The zero-order chi connectivity index (χ0) is 22.7. The summed E-state index contributed by atoms with van der Waals surface area (Å²) in [5.74, 6) is -1.87. The summed E-state index contributed by atoms with van der Waals surface area (Å²) < 4.78 is 41.6. The largest absolute Gasteiger partial charge is 0.410 e. The molecule has 3 aliphatic heterocycles. The predicted octanol–water partition coefficient (Wildman–Crippen LogP) is 1.99. The van der Waals surface area contributed by atoms with Crippen molar-refractivity contribution in [1.29, 1.82) is 0 Å². The maximum atomic E-state index is 13.5. The van der Waals surface area contributed by atoms with E-state index in [4.69, 9.17) is 0 Å². The number of rotatable bonds is 3. The minimum absolute atomic E-state index is 0.0824. The van der Waals surface area contributed by atoms with Crippen LogP contribution in [0.15, 0.2) is 6.07 Å². The van der Waals surface area contributed by atoms with Crippen LogP contribution in [0.25, 0.3) is 0 Å². The molecule has 0 radical (unpaired) electrons.